The monoisotopic (exact) mass is 544 g/mol. The molecule has 1 atom stereocenters. The minimum Gasteiger partial charge on any atom is -0.535 e. The lowest BCUT2D eigenvalue weighted by atomic mass is 9.77. The molecule has 0 bridgehead atoms. The highest BCUT2D eigenvalue weighted by atomic mass is 32.2. The Morgan fingerprint density at radius 2 is 1.64 bits per heavy atom. The normalized spacial score (nSPS) is 14.6. The maximum absolute atomic E-state index is 14.0. The highest BCUT2D eigenvalue weighted by molar-refractivity contribution is 8.00. The first-order valence-electron chi connectivity index (χ1n) is 12.4. The molecule has 11 heteroatoms. The minimum atomic E-state index is -1.42. The molecule has 0 fully saturated rings. The molecule has 8 nitrogen and oxygen atoms in total. The minimum absolute atomic E-state index is 0.0983. The number of aromatic nitrogens is 3. The molecule has 2 N–H and O–H groups in total. The topological polar surface area (TPSA) is 109 Å². The first kappa shape index (κ1) is 26.8. The molecule has 39 heavy (non-hydrogen) atoms. The Hall–Kier alpha value is -3.80. The van der Waals surface area contributed by atoms with Crippen LogP contribution in [0.1, 0.15) is 38.6 Å². The standard InChI is InChI=1S/C28H26BFN4O4S/c30-24-10-8-20-13-25(29(37)38-27(20)26(24)28(35)36)39-18-19-7-9-23(33-14-19)17-34(15-21-5-1-3-11-31-21)16-22-6-2-4-12-32-22/h1-12,14,25,37H,13,15-18H2,(H,35,36)/t25-/m0/s1. The summed E-state index contributed by atoms with van der Waals surface area (Å²) in [5.74, 6) is -1.83. The van der Waals surface area contributed by atoms with Gasteiger partial charge < -0.3 is 14.8 Å². The molecule has 0 unspecified atom stereocenters. The number of carboxylic acids is 1. The summed E-state index contributed by atoms with van der Waals surface area (Å²) in [5.41, 5.74) is 3.84. The van der Waals surface area contributed by atoms with E-state index >= 15 is 0 Å². The molecule has 0 saturated heterocycles. The van der Waals surface area contributed by atoms with Gasteiger partial charge in [-0.15, -0.1) is 0 Å². The number of aromatic carboxylic acids is 1. The summed E-state index contributed by atoms with van der Waals surface area (Å²) in [4.78, 5) is 27.3. The number of hydrogen-bond acceptors (Lipinski definition) is 8. The van der Waals surface area contributed by atoms with Crippen molar-refractivity contribution in [3.8, 4) is 5.75 Å². The Morgan fingerprint density at radius 1 is 0.974 bits per heavy atom. The van der Waals surface area contributed by atoms with E-state index in [9.17, 15) is 19.3 Å². The van der Waals surface area contributed by atoms with Gasteiger partial charge in [-0.1, -0.05) is 24.3 Å². The van der Waals surface area contributed by atoms with Crippen LogP contribution in [0.25, 0.3) is 0 Å². The van der Waals surface area contributed by atoms with Crippen LogP contribution in [0.3, 0.4) is 0 Å². The smallest absolute Gasteiger partial charge is 0.535 e. The van der Waals surface area contributed by atoms with Gasteiger partial charge in [-0.2, -0.15) is 11.8 Å². The summed E-state index contributed by atoms with van der Waals surface area (Å²) in [6.45, 7) is 1.94. The molecule has 0 saturated carbocycles. The van der Waals surface area contributed by atoms with Crippen molar-refractivity contribution in [3.05, 3.63) is 119 Å². The zero-order valence-corrected chi connectivity index (χ0v) is 21.8. The molecule has 0 spiro atoms. The number of carboxylic acid groups (broad SMARTS) is 1. The lowest BCUT2D eigenvalue weighted by Crippen LogP contribution is -2.41. The number of benzene rings is 1. The molecular weight excluding hydrogens is 518 g/mol. The summed E-state index contributed by atoms with van der Waals surface area (Å²) >= 11 is 1.48. The second kappa shape index (κ2) is 12.4. The van der Waals surface area contributed by atoms with Crippen molar-refractivity contribution >= 4 is 24.8 Å². The van der Waals surface area contributed by atoms with Crippen LogP contribution < -0.4 is 4.65 Å². The third-order valence-corrected chi connectivity index (χ3v) is 7.67. The van der Waals surface area contributed by atoms with Gasteiger partial charge in [0.1, 0.15) is 17.1 Å². The van der Waals surface area contributed by atoms with Crippen molar-refractivity contribution in [2.75, 3.05) is 0 Å². The van der Waals surface area contributed by atoms with Gasteiger partial charge in [-0.25, -0.2) is 9.18 Å². The van der Waals surface area contributed by atoms with Gasteiger partial charge in [0.15, 0.2) is 0 Å². The zero-order chi connectivity index (χ0) is 27.2. The van der Waals surface area contributed by atoms with Gasteiger partial charge in [0.05, 0.1) is 22.2 Å². The third kappa shape index (κ3) is 6.80. The summed E-state index contributed by atoms with van der Waals surface area (Å²) in [5, 5.41) is 19.5. The van der Waals surface area contributed by atoms with E-state index in [4.69, 9.17) is 4.65 Å². The Kier molecular flexibility index (Phi) is 8.50. The maximum Gasteiger partial charge on any atom is 0.536 e. The maximum atomic E-state index is 14.0. The molecule has 198 valence electrons. The molecule has 0 radical (unpaired) electrons. The summed E-state index contributed by atoms with van der Waals surface area (Å²) in [6, 6.07) is 18.4. The summed E-state index contributed by atoms with van der Waals surface area (Å²) in [6.07, 6.45) is 5.76. The second-order valence-corrected chi connectivity index (χ2v) is 10.5. The van der Waals surface area contributed by atoms with E-state index in [0.29, 0.717) is 37.4 Å². The quantitative estimate of drug-likeness (QED) is 0.285. The van der Waals surface area contributed by atoms with E-state index in [0.717, 1.165) is 28.7 Å². The van der Waals surface area contributed by atoms with E-state index in [-0.39, 0.29) is 10.9 Å². The fraction of sp³-hybridized carbons (Fsp3) is 0.214. The van der Waals surface area contributed by atoms with Gasteiger partial charge in [-0.3, -0.25) is 19.9 Å². The van der Waals surface area contributed by atoms with Crippen molar-refractivity contribution in [1.82, 2.24) is 19.9 Å². The molecule has 1 aromatic carbocycles. The Balaban J connectivity index is 1.22. The van der Waals surface area contributed by atoms with Crippen molar-refractivity contribution in [2.24, 2.45) is 0 Å². The molecular formula is C28H26BFN4O4S. The molecule has 3 aromatic heterocycles. The number of nitrogens with zero attached hydrogens (tertiary/aromatic N) is 4. The number of halogens is 1. The average molecular weight is 544 g/mol. The third-order valence-electron chi connectivity index (χ3n) is 6.34. The molecule has 1 aliphatic rings. The van der Waals surface area contributed by atoms with Crippen LogP contribution in [0.15, 0.2) is 79.3 Å². The zero-order valence-electron chi connectivity index (χ0n) is 21.0. The number of hydrogen-bond donors (Lipinski definition) is 2. The van der Waals surface area contributed by atoms with Crippen molar-refractivity contribution in [1.29, 1.82) is 0 Å². The highest BCUT2D eigenvalue weighted by Gasteiger charge is 2.38. The second-order valence-electron chi connectivity index (χ2n) is 9.22. The average Bonchev–Trinajstić information content (AvgIpc) is 2.93. The van der Waals surface area contributed by atoms with E-state index < -0.39 is 24.5 Å². The Bertz CT molecular complexity index is 1380. The van der Waals surface area contributed by atoms with Gasteiger partial charge >= 0.3 is 13.1 Å². The van der Waals surface area contributed by atoms with Crippen molar-refractivity contribution in [2.45, 2.75) is 37.0 Å². The molecule has 4 heterocycles. The van der Waals surface area contributed by atoms with Crippen LogP contribution >= 0.6 is 11.8 Å². The van der Waals surface area contributed by atoms with Crippen LogP contribution in [-0.4, -0.2) is 48.2 Å². The fourth-order valence-electron chi connectivity index (χ4n) is 4.43. The van der Waals surface area contributed by atoms with Crippen LogP contribution in [-0.2, 0) is 31.8 Å². The summed E-state index contributed by atoms with van der Waals surface area (Å²) < 4.78 is 19.4. The Labute approximate surface area is 230 Å². The number of carbonyl (C=O) groups is 1. The lowest BCUT2D eigenvalue weighted by Gasteiger charge is -2.28. The molecule has 4 aromatic rings. The highest BCUT2D eigenvalue weighted by Crippen LogP contribution is 2.36. The van der Waals surface area contributed by atoms with Crippen LogP contribution in [0.4, 0.5) is 4.39 Å². The largest absolute Gasteiger partial charge is 0.536 e. The van der Waals surface area contributed by atoms with Crippen molar-refractivity contribution in [3.63, 3.8) is 0 Å². The summed E-state index contributed by atoms with van der Waals surface area (Å²) in [7, 11) is -1.25. The first-order chi connectivity index (χ1) is 19.0. The molecule has 1 aliphatic heterocycles. The predicted molar refractivity (Wildman–Crippen MR) is 146 cm³/mol. The van der Waals surface area contributed by atoms with E-state index in [2.05, 4.69) is 19.9 Å². The number of rotatable bonds is 10. The van der Waals surface area contributed by atoms with E-state index in [1.165, 1.54) is 17.8 Å². The van der Waals surface area contributed by atoms with Crippen LogP contribution in [0.5, 0.6) is 5.75 Å². The van der Waals surface area contributed by atoms with Gasteiger partial charge in [0.25, 0.3) is 0 Å². The van der Waals surface area contributed by atoms with Crippen LogP contribution in [0, 0.1) is 5.82 Å². The number of pyridine rings is 3. The first-order valence-corrected chi connectivity index (χ1v) is 13.5. The SMILES string of the molecule is O=C(O)c1c(F)ccc2c1OB(O)[C@@H](SCc1ccc(CN(Cc3ccccn3)Cc3ccccn3)nc1)C2. The molecule has 0 amide bonds. The van der Waals surface area contributed by atoms with Gasteiger partial charge in [0.2, 0.25) is 0 Å². The molecule has 0 aliphatic carbocycles. The number of fused-ring (bicyclic) bond motifs is 1. The lowest BCUT2D eigenvalue weighted by molar-refractivity contribution is 0.0689. The van der Waals surface area contributed by atoms with Crippen molar-refractivity contribution < 1.29 is 24.0 Å². The van der Waals surface area contributed by atoms with E-state index in [1.54, 1.807) is 12.4 Å². The van der Waals surface area contributed by atoms with E-state index in [1.807, 2.05) is 54.7 Å². The Morgan fingerprint density at radius 3 is 2.21 bits per heavy atom. The number of thioether (sulfide) groups is 1. The molecule has 5 rings (SSSR count). The van der Waals surface area contributed by atoms with Gasteiger partial charge in [-0.05, 0) is 53.9 Å². The van der Waals surface area contributed by atoms with Crippen LogP contribution in [0.2, 0.25) is 0 Å². The predicted octanol–water partition coefficient (Wildman–Crippen LogP) is 4.17. The van der Waals surface area contributed by atoms with Gasteiger partial charge in [0, 0.05) is 44.0 Å². The fourth-order valence-corrected chi connectivity index (χ4v) is 5.52.